The topological polar surface area (TPSA) is 284 Å². The highest BCUT2D eigenvalue weighted by Crippen LogP contribution is 2.13. The van der Waals surface area contributed by atoms with Gasteiger partial charge in [0, 0.05) is 25.9 Å². The molecule has 0 radical (unpaired) electrons. The molecule has 0 spiro atoms. The maximum absolute atomic E-state index is 11.5. The van der Waals surface area contributed by atoms with Crippen LogP contribution in [0.3, 0.4) is 0 Å². The van der Waals surface area contributed by atoms with E-state index in [4.69, 9.17) is 21.8 Å². The second-order valence-corrected chi connectivity index (χ2v) is 6.80. The molecule has 0 aromatic heterocycles. The first-order valence-electron chi connectivity index (χ1n) is 6.59. The fourth-order valence-electron chi connectivity index (χ4n) is 1.52. The number of hydrogen-bond donors (Lipinski definition) is 5. The Hall–Kier alpha value is -1.93. The number of amides is 3. The second-order valence-electron chi connectivity index (χ2n) is 4.66. The summed E-state index contributed by atoms with van der Waals surface area (Å²) >= 11 is 0. The summed E-state index contributed by atoms with van der Waals surface area (Å²) in [5, 5.41) is 0. The fourth-order valence-corrected chi connectivity index (χ4v) is 2.57. The van der Waals surface area contributed by atoms with Crippen LogP contribution in [0.5, 0.6) is 0 Å². The monoisotopic (exact) mass is 439 g/mol. The summed E-state index contributed by atoms with van der Waals surface area (Å²) in [6.07, 6.45) is -3.13. The number of rotatable bonds is 14. The standard InChI is InChI=1S/C9H18N4O11S2.H3N/c10-6(14)1-3-13(4-2-7(11)15)9(5-8(12)16)22-26(20,21)24-23-25(17,18)19;/h9H,1-5H2,(H2,10,14)(H2,11,15)(H2,12,16)(H,17,18,19);1H3. The predicted molar refractivity (Wildman–Crippen MR) is 85.5 cm³/mol. The maximum atomic E-state index is 11.5. The van der Waals surface area contributed by atoms with Crippen LogP contribution in [0, 0.1) is 0 Å². The molecule has 1 atom stereocenters. The molecule has 0 aliphatic heterocycles. The summed E-state index contributed by atoms with van der Waals surface area (Å²) in [5.74, 6) is -2.63. The molecule has 0 bridgehead atoms. The Morgan fingerprint density at radius 2 is 1.33 bits per heavy atom. The van der Waals surface area contributed by atoms with Gasteiger partial charge in [-0.25, -0.2) is 4.18 Å². The normalized spacial score (nSPS) is 13.0. The van der Waals surface area contributed by atoms with Crippen molar-refractivity contribution in [1.82, 2.24) is 11.1 Å². The van der Waals surface area contributed by atoms with Crippen LogP contribution < -0.4 is 23.4 Å². The van der Waals surface area contributed by atoms with Gasteiger partial charge < -0.3 is 23.4 Å². The van der Waals surface area contributed by atoms with Crippen LogP contribution in [-0.4, -0.2) is 63.3 Å². The zero-order valence-electron chi connectivity index (χ0n) is 13.8. The average Bonchev–Trinajstić information content (AvgIpc) is 2.42. The Labute approximate surface area is 154 Å². The van der Waals surface area contributed by atoms with Crippen molar-refractivity contribution in [3.05, 3.63) is 0 Å². The molecule has 0 rings (SSSR count). The number of primary amides is 3. The van der Waals surface area contributed by atoms with E-state index in [2.05, 4.69) is 12.9 Å². The van der Waals surface area contributed by atoms with E-state index in [-0.39, 0.29) is 32.1 Å². The van der Waals surface area contributed by atoms with Crippen molar-refractivity contribution in [2.75, 3.05) is 13.1 Å². The van der Waals surface area contributed by atoms with Crippen molar-refractivity contribution < 1.29 is 48.6 Å². The van der Waals surface area contributed by atoms with Crippen LogP contribution in [0.4, 0.5) is 0 Å². The lowest BCUT2D eigenvalue weighted by Gasteiger charge is -2.29. The van der Waals surface area contributed by atoms with Crippen LogP contribution in [0.25, 0.3) is 0 Å². The second kappa shape index (κ2) is 11.7. The van der Waals surface area contributed by atoms with E-state index in [9.17, 15) is 31.2 Å². The van der Waals surface area contributed by atoms with Crippen LogP contribution in [0.2, 0.25) is 0 Å². The van der Waals surface area contributed by atoms with Crippen molar-refractivity contribution >= 4 is 38.5 Å². The zero-order valence-corrected chi connectivity index (χ0v) is 15.5. The van der Waals surface area contributed by atoms with Crippen LogP contribution in [0.15, 0.2) is 0 Å². The lowest BCUT2D eigenvalue weighted by atomic mass is 10.2. The molecule has 3 amide bonds. The van der Waals surface area contributed by atoms with Gasteiger partial charge in [-0.3, -0.25) is 23.8 Å². The highest BCUT2D eigenvalue weighted by Gasteiger charge is 2.30. The van der Waals surface area contributed by atoms with Gasteiger partial charge in [0.05, 0.1) is 6.42 Å². The highest BCUT2D eigenvalue weighted by molar-refractivity contribution is 7.83. The number of hydrogen-bond acceptors (Lipinski definition) is 12. The van der Waals surface area contributed by atoms with E-state index in [1.54, 1.807) is 0 Å². The lowest BCUT2D eigenvalue weighted by molar-refractivity contribution is -0.130. The third-order valence-corrected chi connectivity index (χ3v) is 3.52. The first-order valence-corrected chi connectivity index (χ1v) is 9.29. The Morgan fingerprint density at radius 3 is 1.67 bits per heavy atom. The first-order chi connectivity index (χ1) is 11.7. The van der Waals surface area contributed by atoms with E-state index in [0.717, 1.165) is 4.90 Å². The summed E-state index contributed by atoms with van der Waals surface area (Å²) in [6, 6.07) is 0. The van der Waals surface area contributed by atoms with Crippen molar-refractivity contribution in [1.29, 1.82) is 0 Å². The number of nitrogens with two attached hydrogens (primary N) is 3. The molecule has 0 fully saturated rings. The fraction of sp³-hybridized carbons (Fsp3) is 0.667. The summed E-state index contributed by atoms with van der Waals surface area (Å²) in [5.41, 5.74) is 14.9. The molecule has 0 aromatic rings. The average molecular weight is 439 g/mol. The minimum atomic E-state index is -5.29. The van der Waals surface area contributed by atoms with Gasteiger partial charge in [0.15, 0.2) is 0 Å². The van der Waals surface area contributed by atoms with Crippen molar-refractivity contribution in [2.24, 2.45) is 17.2 Å². The summed E-state index contributed by atoms with van der Waals surface area (Å²) in [4.78, 5) is 33.9. The third-order valence-electron chi connectivity index (χ3n) is 2.50. The van der Waals surface area contributed by atoms with E-state index in [0.29, 0.717) is 0 Å². The van der Waals surface area contributed by atoms with Crippen LogP contribution >= 0.6 is 0 Å². The molecule has 16 nitrogen and oxygen atoms in total. The summed E-state index contributed by atoms with van der Waals surface area (Å²) < 4.78 is 63.1. The minimum Gasteiger partial charge on any atom is -0.370 e. The van der Waals surface area contributed by atoms with Crippen molar-refractivity contribution in [3.8, 4) is 0 Å². The first kappa shape index (κ1) is 27.3. The number of carbonyl (C=O) groups is 3. The van der Waals surface area contributed by atoms with Crippen molar-refractivity contribution in [2.45, 2.75) is 25.5 Å². The molecule has 18 heteroatoms. The van der Waals surface area contributed by atoms with Gasteiger partial charge in [0.1, 0.15) is 6.23 Å². The van der Waals surface area contributed by atoms with Gasteiger partial charge in [-0.2, -0.15) is 16.8 Å². The molecule has 0 aliphatic rings. The van der Waals surface area contributed by atoms with E-state index in [1.165, 1.54) is 0 Å². The molecular weight excluding hydrogens is 418 g/mol. The Bertz CT molecular complexity index is 705. The van der Waals surface area contributed by atoms with Gasteiger partial charge in [0.2, 0.25) is 17.7 Å². The molecule has 160 valence electrons. The molecule has 0 aromatic carbocycles. The van der Waals surface area contributed by atoms with Gasteiger partial charge in [0.25, 0.3) is 0 Å². The van der Waals surface area contributed by atoms with Crippen molar-refractivity contribution in [3.63, 3.8) is 0 Å². The van der Waals surface area contributed by atoms with E-state index >= 15 is 0 Å². The van der Waals surface area contributed by atoms with Gasteiger partial charge in [-0.1, -0.05) is 8.67 Å². The smallest absolute Gasteiger partial charge is 0.370 e. The van der Waals surface area contributed by atoms with E-state index < -0.39 is 51.2 Å². The Kier molecular flexibility index (Phi) is 11.8. The quantitative estimate of drug-likeness (QED) is 0.0757. The number of nitrogens with zero attached hydrogens (tertiary/aromatic N) is 1. The highest BCUT2D eigenvalue weighted by atomic mass is 32.3. The lowest BCUT2D eigenvalue weighted by Crippen LogP contribution is -2.44. The molecule has 27 heavy (non-hydrogen) atoms. The minimum absolute atomic E-state index is 0. The largest absolute Gasteiger partial charge is 0.429 e. The van der Waals surface area contributed by atoms with Crippen LogP contribution in [-0.2, 0) is 48.0 Å². The zero-order chi connectivity index (χ0) is 20.5. The SMILES string of the molecule is N.NC(=O)CCN(CCC(N)=O)C(CC(N)=O)OS(=O)(=O)OOS(=O)(=O)O. The van der Waals surface area contributed by atoms with E-state index in [1.807, 2.05) is 0 Å². The molecule has 1 unspecified atom stereocenters. The Morgan fingerprint density at radius 1 is 0.889 bits per heavy atom. The Balaban J connectivity index is 0. The maximum Gasteiger partial charge on any atom is 0.429 e. The molecule has 0 heterocycles. The third kappa shape index (κ3) is 14.9. The molecular formula is C9H21N5O11S2. The van der Waals surface area contributed by atoms with Gasteiger partial charge in [-0.15, -0.1) is 0 Å². The van der Waals surface area contributed by atoms with Crippen LogP contribution in [0.1, 0.15) is 19.3 Å². The molecule has 10 N–H and O–H groups in total. The predicted octanol–water partition coefficient (Wildman–Crippen LogP) is -3.58. The summed E-state index contributed by atoms with van der Waals surface area (Å²) in [6.45, 7) is -0.537. The van der Waals surface area contributed by atoms with Gasteiger partial charge >= 0.3 is 20.8 Å². The van der Waals surface area contributed by atoms with Gasteiger partial charge in [-0.05, 0) is 0 Å². The molecule has 0 saturated heterocycles. The molecule has 0 aliphatic carbocycles. The molecule has 0 saturated carbocycles. The number of carbonyl (C=O) groups excluding carboxylic acids is 3. The summed E-state index contributed by atoms with van der Waals surface area (Å²) in [7, 11) is -10.5.